The highest BCUT2D eigenvalue weighted by atomic mass is 32.2. The monoisotopic (exact) mass is 461 g/mol. The Labute approximate surface area is 190 Å². The number of carbonyl (C=O) groups is 1. The van der Waals surface area contributed by atoms with Gasteiger partial charge in [0.25, 0.3) is 0 Å². The molecule has 2 aromatic carbocycles. The Morgan fingerprint density at radius 3 is 2.41 bits per heavy atom. The molecule has 3 rings (SSSR count). The maximum Gasteiger partial charge on any atom is 0.243 e. The van der Waals surface area contributed by atoms with Crippen LogP contribution in [0.4, 0.5) is 5.69 Å². The fourth-order valence-electron chi connectivity index (χ4n) is 3.67. The Morgan fingerprint density at radius 1 is 1.00 bits per heavy atom. The zero-order valence-electron chi connectivity index (χ0n) is 18.8. The van der Waals surface area contributed by atoms with Gasteiger partial charge in [-0.05, 0) is 55.2 Å². The Hall–Kier alpha value is -2.78. The van der Waals surface area contributed by atoms with Gasteiger partial charge in [-0.25, -0.2) is 8.42 Å². The van der Waals surface area contributed by atoms with Gasteiger partial charge >= 0.3 is 0 Å². The van der Waals surface area contributed by atoms with Crippen molar-refractivity contribution in [2.45, 2.75) is 37.6 Å². The molecule has 0 aromatic heterocycles. The van der Waals surface area contributed by atoms with Crippen molar-refractivity contribution in [3.63, 3.8) is 0 Å². The van der Waals surface area contributed by atoms with E-state index >= 15 is 0 Å². The molecule has 1 aliphatic heterocycles. The van der Waals surface area contributed by atoms with E-state index in [4.69, 9.17) is 9.47 Å². The molecule has 8 nitrogen and oxygen atoms in total. The topological polar surface area (TPSA) is 97.0 Å². The molecule has 0 atom stereocenters. The van der Waals surface area contributed by atoms with Gasteiger partial charge in [-0.1, -0.05) is 18.6 Å². The molecule has 0 saturated carbocycles. The summed E-state index contributed by atoms with van der Waals surface area (Å²) in [6.45, 7) is 3.26. The van der Waals surface area contributed by atoms with Crippen LogP contribution in [-0.4, -0.2) is 52.5 Å². The lowest BCUT2D eigenvalue weighted by Gasteiger charge is -2.26. The average Bonchev–Trinajstić information content (AvgIpc) is 2.82. The Kier molecular flexibility index (Phi) is 7.98. The third-order valence-corrected chi connectivity index (χ3v) is 7.55. The van der Waals surface area contributed by atoms with Gasteiger partial charge < -0.3 is 20.1 Å². The van der Waals surface area contributed by atoms with Crippen LogP contribution in [0.15, 0.2) is 41.3 Å². The van der Waals surface area contributed by atoms with Crippen LogP contribution in [0.2, 0.25) is 0 Å². The number of rotatable bonds is 9. The Bertz CT molecular complexity index is 1050. The summed E-state index contributed by atoms with van der Waals surface area (Å²) in [5, 5.41) is 5.87. The van der Waals surface area contributed by atoms with Gasteiger partial charge in [0, 0.05) is 25.3 Å². The maximum absolute atomic E-state index is 13.1. The second kappa shape index (κ2) is 10.7. The number of benzene rings is 2. The van der Waals surface area contributed by atoms with Gasteiger partial charge in [-0.3, -0.25) is 4.79 Å². The number of nitrogens with one attached hydrogen (secondary N) is 2. The van der Waals surface area contributed by atoms with Crippen molar-refractivity contribution in [3.8, 4) is 11.5 Å². The van der Waals surface area contributed by atoms with Crippen LogP contribution in [0.25, 0.3) is 0 Å². The average molecular weight is 462 g/mol. The van der Waals surface area contributed by atoms with Crippen molar-refractivity contribution in [1.82, 2.24) is 9.62 Å². The highest BCUT2D eigenvalue weighted by Gasteiger charge is 2.27. The Morgan fingerprint density at radius 2 is 1.72 bits per heavy atom. The van der Waals surface area contributed by atoms with Crippen molar-refractivity contribution in [2.24, 2.45) is 0 Å². The molecule has 1 saturated heterocycles. The molecular formula is C23H31N3O5S. The summed E-state index contributed by atoms with van der Waals surface area (Å²) in [6, 6.07) is 10.6. The Balaban J connectivity index is 1.60. The molecule has 2 N–H and O–H groups in total. The molecule has 0 radical (unpaired) electrons. The highest BCUT2D eigenvalue weighted by molar-refractivity contribution is 7.89. The minimum Gasteiger partial charge on any atom is -0.493 e. The predicted molar refractivity (Wildman–Crippen MR) is 124 cm³/mol. The van der Waals surface area contributed by atoms with E-state index in [9.17, 15) is 13.2 Å². The van der Waals surface area contributed by atoms with Gasteiger partial charge in [-0.2, -0.15) is 4.31 Å². The summed E-state index contributed by atoms with van der Waals surface area (Å²) in [5.41, 5.74) is 2.16. The van der Waals surface area contributed by atoms with Crippen LogP contribution in [-0.2, 0) is 21.4 Å². The number of ether oxygens (including phenoxy) is 2. The van der Waals surface area contributed by atoms with E-state index in [-0.39, 0.29) is 17.3 Å². The van der Waals surface area contributed by atoms with Crippen LogP contribution in [0.5, 0.6) is 11.5 Å². The molecule has 32 heavy (non-hydrogen) atoms. The van der Waals surface area contributed by atoms with Crippen LogP contribution in [0.1, 0.15) is 30.4 Å². The van der Waals surface area contributed by atoms with E-state index in [0.717, 1.165) is 24.8 Å². The minimum atomic E-state index is -3.54. The molecule has 1 aliphatic rings. The first-order valence-electron chi connectivity index (χ1n) is 10.7. The van der Waals surface area contributed by atoms with Gasteiger partial charge in [0.15, 0.2) is 11.5 Å². The zero-order chi connectivity index (χ0) is 23.1. The molecule has 0 aliphatic carbocycles. The number of sulfonamides is 1. The highest BCUT2D eigenvalue weighted by Crippen LogP contribution is 2.28. The summed E-state index contributed by atoms with van der Waals surface area (Å²) in [5.74, 6) is 1.01. The number of carbonyl (C=O) groups excluding carboxylic acids is 1. The van der Waals surface area contributed by atoms with E-state index in [0.29, 0.717) is 42.4 Å². The number of amides is 1. The molecule has 2 aromatic rings. The van der Waals surface area contributed by atoms with Gasteiger partial charge in [-0.15, -0.1) is 0 Å². The standard InChI is InChI=1S/C23H31N3O5S/c1-17-7-9-19(14-22(17)32(28,29)26-11-5-4-6-12-26)24-16-23(27)25-15-18-8-10-20(30-2)21(13-18)31-3/h7-10,13-14,24H,4-6,11-12,15-16H2,1-3H3,(H,25,27). The smallest absolute Gasteiger partial charge is 0.243 e. The quantitative estimate of drug-likeness (QED) is 0.596. The normalized spacial score (nSPS) is 14.6. The van der Waals surface area contributed by atoms with Gasteiger partial charge in [0.05, 0.1) is 25.7 Å². The number of hydrogen-bond acceptors (Lipinski definition) is 6. The molecule has 1 heterocycles. The van der Waals surface area contributed by atoms with Crippen LogP contribution in [0, 0.1) is 6.92 Å². The number of aryl methyl sites for hydroxylation is 1. The number of methoxy groups -OCH3 is 2. The van der Waals surface area contributed by atoms with Crippen molar-refractivity contribution in [1.29, 1.82) is 0 Å². The molecule has 0 spiro atoms. The van der Waals surface area contributed by atoms with Gasteiger partial charge in [0.2, 0.25) is 15.9 Å². The molecule has 1 amide bonds. The van der Waals surface area contributed by atoms with E-state index in [2.05, 4.69) is 10.6 Å². The summed E-state index contributed by atoms with van der Waals surface area (Å²) in [4.78, 5) is 12.6. The predicted octanol–water partition coefficient (Wildman–Crippen LogP) is 2.92. The minimum absolute atomic E-state index is 0.0273. The number of hydrogen-bond donors (Lipinski definition) is 2. The molecule has 0 bridgehead atoms. The first kappa shape index (κ1) is 23.9. The van der Waals surface area contributed by atoms with Crippen LogP contribution < -0.4 is 20.1 Å². The first-order chi connectivity index (χ1) is 15.3. The lowest BCUT2D eigenvalue weighted by molar-refractivity contribution is -0.119. The van der Waals surface area contributed by atoms with E-state index in [1.54, 1.807) is 49.7 Å². The van der Waals surface area contributed by atoms with Crippen LogP contribution >= 0.6 is 0 Å². The third kappa shape index (κ3) is 5.72. The third-order valence-electron chi connectivity index (χ3n) is 5.51. The van der Waals surface area contributed by atoms with E-state index in [1.807, 2.05) is 12.1 Å². The maximum atomic E-state index is 13.1. The second-order valence-corrected chi connectivity index (χ2v) is 9.67. The molecule has 1 fully saturated rings. The zero-order valence-corrected chi connectivity index (χ0v) is 19.6. The largest absolute Gasteiger partial charge is 0.493 e. The van der Waals surface area contributed by atoms with E-state index < -0.39 is 10.0 Å². The second-order valence-electron chi connectivity index (χ2n) is 7.76. The molecular weight excluding hydrogens is 430 g/mol. The van der Waals surface area contributed by atoms with Crippen LogP contribution in [0.3, 0.4) is 0 Å². The molecule has 9 heteroatoms. The fourth-order valence-corrected chi connectivity index (χ4v) is 5.44. The summed E-state index contributed by atoms with van der Waals surface area (Å²) in [7, 11) is -0.412. The van der Waals surface area contributed by atoms with Crippen molar-refractivity contribution < 1.29 is 22.7 Å². The summed E-state index contributed by atoms with van der Waals surface area (Å²) >= 11 is 0. The molecule has 174 valence electrons. The molecule has 0 unspecified atom stereocenters. The number of piperidine rings is 1. The van der Waals surface area contributed by atoms with E-state index in [1.165, 1.54) is 0 Å². The number of anilines is 1. The summed E-state index contributed by atoms with van der Waals surface area (Å²) in [6.07, 6.45) is 2.83. The fraction of sp³-hybridized carbons (Fsp3) is 0.435. The first-order valence-corrected chi connectivity index (χ1v) is 12.1. The SMILES string of the molecule is COc1ccc(CNC(=O)CNc2ccc(C)c(S(=O)(=O)N3CCCCC3)c2)cc1OC. The lowest BCUT2D eigenvalue weighted by Crippen LogP contribution is -2.36. The number of nitrogens with zero attached hydrogens (tertiary/aromatic N) is 1. The lowest BCUT2D eigenvalue weighted by atomic mass is 10.2. The van der Waals surface area contributed by atoms with Crippen molar-refractivity contribution in [2.75, 3.05) is 39.2 Å². The summed E-state index contributed by atoms with van der Waals surface area (Å²) < 4.78 is 38.2. The van der Waals surface area contributed by atoms with Crippen molar-refractivity contribution >= 4 is 21.6 Å². The van der Waals surface area contributed by atoms with Crippen molar-refractivity contribution in [3.05, 3.63) is 47.5 Å². The van der Waals surface area contributed by atoms with Gasteiger partial charge in [0.1, 0.15) is 0 Å².